The van der Waals surface area contributed by atoms with Crippen molar-refractivity contribution in [3.8, 4) is 0 Å². The first-order chi connectivity index (χ1) is 9.60. The lowest BCUT2D eigenvalue weighted by Crippen LogP contribution is -2.13. The molecule has 20 heavy (non-hydrogen) atoms. The van der Waals surface area contributed by atoms with Gasteiger partial charge < -0.3 is 16.8 Å². The molecule has 0 aromatic heterocycles. The van der Waals surface area contributed by atoms with E-state index in [1.807, 2.05) is 18.2 Å². The Labute approximate surface area is 118 Å². The molecule has 2 aromatic carbocycles. The largest absolute Gasteiger partial charge is 0.398 e. The summed E-state index contributed by atoms with van der Waals surface area (Å²) >= 11 is 0. The molecule has 2 rings (SSSR count). The first kappa shape index (κ1) is 13.9. The molecule has 0 spiro atoms. The van der Waals surface area contributed by atoms with Crippen LogP contribution >= 0.6 is 0 Å². The van der Waals surface area contributed by atoms with Gasteiger partial charge in [0.15, 0.2) is 0 Å². The lowest BCUT2D eigenvalue weighted by atomic mass is 10.1. The van der Waals surface area contributed by atoms with Crippen LogP contribution in [-0.4, -0.2) is 5.91 Å². The molecular formula is C16H19N3O. The molecule has 0 bridgehead atoms. The Morgan fingerprint density at radius 3 is 2.35 bits per heavy atom. The summed E-state index contributed by atoms with van der Waals surface area (Å²) in [6.45, 7) is 2.16. The number of rotatable bonds is 5. The summed E-state index contributed by atoms with van der Waals surface area (Å²) in [7, 11) is 0. The van der Waals surface area contributed by atoms with E-state index in [9.17, 15) is 4.79 Å². The summed E-state index contributed by atoms with van der Waals surface area (Å²) in [6, 6.07) is 13.4. The molecule has 0 radical (unpaired) electrons. The van der Waals surface area contributed by atoms with Crippen molar-refractivity contribution < 1.29 is 4.79 Å². The fraction of sp³-hybridized carbons (Fsp3) is 0.188. The first-order valence-electron chi connectivity index (χ1n) is 6.65. The van der Waals surface area contributed by atoms with Crippen LogP contribution in [0.25, 0.3) is 0 Å². The van der Waals surface area contributed by atoms with E-state index in [1.165, 1.54) is 5.56 Å². The Bertz CT molecular complexity index is 606. The standard InChI is InChI=1S/C16H19N3O/c1-2-3-11-4-6-12(7-5-11)19-13-8-9-15(17)14(10-13)16(18)20/h4-10,19H,2-3,17H2,1H3,(H2,18,20). The minimum absolute atomic E-state index is 0.331. The highest BCUT2D eigenvalue weighted by Crippen LogP contribution is 2.22. The van der Waals surface area contributed by atoms with Gasteiger partial charge in [0.25, 0.3) is 5.91 Å². The lowest BCUT2D eigenvalue weighted by Gasteiger charge is -2.10. The molecule has 2 aromatic rings. The van der Waals surface area contributed by atoms with Crippen LogP contribution in [0.1, 0.15) is 29.3 Å². The van der Waals surface area contributed by atoms with Gasteiger partial charge in [-0.05, 0) is 42.3 Å². The highest BCUT2D eigenvalue weighted by Gasteiger charge is 2.06. The third-order valence-corrected chi connectivity index (χ3v) is 3.10. The Kier molecular flexibility index (Phi) is 4.25. The maximum atomic E-state index is 11.3. The minimum Gasteiger partial charge on any atom is -0.398 e. The van der Waals surface area contributed by atoms with E-state index < -0.39 is 5.91 Å². The molecule has 4 heteroatoms. The number of carbonyl (C=O) groups is 1. The molecule has 1 amide bonds. The summed E-state index contributed by atoms with van der Waals surface area (Å²) in [5.41, 5.74) is 14.8. The Morgan fingerprint density at radius 1 is 1.10 bits per heavy atom. The summed E-state index contributed by atoms with van der Waals surface area (Å²) in [5.74, 6) is -0.524. The van der Waals surface area contributed by atoms with Crippen molar-refractivity contribution in [2.75, 3.05) is 11.1 Å². The van der Waals surface area contributed by atoms with Crippen molar-refractivity contribution in [3.05, 3.63) is 53.6 Å². The molecule has 0 heterocycles. The molecule has 0 aliphatic rings. The second kappa shape index (κ2) is 6.10. The second-order valence-electron chi connectivity index (χ2n) is 4.74. The summed E-state index contributed by atoms with van der Waals surface area (Å²) in [5, 5.41) is 3.23. The molecule has 104 valence electrons. The van der Waals surface area contributed by atoms with Crippen molar-refractivity contribution in [2.45, 2.75) is 19.8 Å². The predicted octanol–water partition coefficient (Wildman–Crippen LogP) is 3.06. The number of amides is 1. The van der Waals surface area contributed by atoms with Gasteiger partial charge in [-0.25, -0.2) is 0 Å². The van der Waals surface area contributed by atoms with Crippen LogP contribution in [0, 0.1) is 0 Å². The van der Waals surface area contributed by atoms with Gasteiger partial charge in [-0.1, -0.05) is 25.5 Å². The average molecular weight is 269 g/mol. The zero-order chi connectivity index (χ0) is 14.5. The van der Waals surface area contributed by atoms with E-state index in [4.69, 9.17) is 11.5 Å². The van der Waals surface area contributed by atoms with Crippen molar-refractivity contribution in [1.82, 2.24) is 0 Å². The molecule has 0 aliphatic carbocycles. The van der Waals surface area contributed by atoms with Crippen LogP contribution in [-0.2, 0) is 6.42 Å². The monoisotopic (exact) mass is 269 g/mol. The van der Waals surface area contributed by atoms with Crippen LogP contribution in [0.3, 0.4) is 0 Å². The third-order valence-electron chi connectivity index (χ3n) is 3.10. The molecule has 0 unspecified atom stereocenters. The van der Waals surface area contributed by atoms with E-state index >= 15 is 0 Å². The second-order valence-corrected chi connectivity index (χ2v) is 4.74. The van der Waals surface area contributed by atoms with Crippen LogP contribution < -0.4 is 16.8 Å². The van der Waals surface area contributed by atoms with Crippen molar-refractivity contribution >= 4 is 23.0 Å². The highest BCUT2D eigenvalue weighted by molar-refractivity contribution is 5.99. The van der Waals surface area contributed by atoms with Gasteiger partial charge in [-0.2, -0.15) is 0 Å². The zero-order valence-corrected chi connectivity index (χ0v) is 11.5. The number of nitrogens with one attached hydrogen (secondary N) is 1. The van der Waals surface area contributed by atoms with Gasteiger partial charge in [-0.15, -0.1) is 0 Å². The fourth-order valence-corrected chi connectivity index (χ4v) is 2.06. The number of nitrogen functional groups attached to an aromatic ring is 1. The topological polar surface area (TPSA) is 81.1 Å². The number of hydrogen-bond acceptors (Lipinski definition) is 3. The van der Waals surface area contributed by atoms with E-state index in [0.717, 1.165) is 24.2 Å². The van der Waals surface area contributed by atoms with Gasteiger partial charge in [0, 0.05) is 17.1 Å². The number of anilines is 3. The first-order valence-corrected chi connectivity index (χ1v) is 6.65. The number of primary amides is 1. The van der Waals surface area contributed by atoms with Gasteiger partial charge in [-0.3, -0.25) is 4.79 Å². The van der Waals surface area contributed by atoms with Crippen LogP contribution in [0.5, 0.6) is 0 Å². The minimum atomic E-state index is -0.524. The Morgan fingerprint density at radius 2 is 1.75 bits per heavy atom. The SMILES string of the molecule is CCCc1ccc(Nc2ccc(N)c(C(N)=O)c2)cc1. The summed E-state index contributed by atoms with van der Waals surface area (Å²) in [4.78, 5) is 11.3. The number of benzene rings is 2. The van der Waals surface area contributed by atoms with Crippen molar-refractivity contribution in [1.29, 1.82) is 0 Å². The lowest BCUT2D eigenvalue weighted by molar-refractivity contribution is 0.100. The van der Waals surface area contributed by atoms with Crippen LogP contribution in [0.15, 0.2) is 42.5 Å². The molecule has 0 atom stereocenters. The Balaban J connectivity index is 2.17. The number of nitrogens with two attached hydrogens (primary N) is 2. The van der Waals surface area contributed by atoms with Crippen LogP contribution in [0.2, 0.25) is 0 Å². The molecule has 0 saturated heterocycles. The fourth-order valence-electron chi connectivity index (χ4n) is 2.06. The van der Waals surface area contributed by atoms with E-state index in [0.29, 0.717) is 11.3 Å². The molecule has 0 aliphatic heterocycles. The van der Waals surface area contributed by atoms with Crippen LogP contribution in [0.4, 0.5) is 17.1 Å². The van der Waals surface area contributed by atoms with Crippen molar-refractivity contribution in [3.63, 3.8) is 0 Å². The average Bonchev–Trinajstić information content (AvgIpc) is 2.43. The van der Waals surface area contributed by atoms with Gasteiger partial charge in [0.05, 0.1) is 5.56 Å². The normalized spacial score (nSPS) is 10.2. The molecule has 5 N–H and O–H groups in total. The number of hydrogen-bond donors (Lipinski definition) is 3. The number of carbonyl (C=O) groups excluding carboxylic acids is 1. The number of aryl methyl sites for hydroxylation is 1. The molecule has 4 nitrogen and oxygen atoms in total. The van der Waals surface area contributed by atoms with E-state index in [2.05, 4.69) is 24.4 Å². The molecule has 0 saturated carbocycles. The van der Waals surface area contributed by atoms with E-state index in [1.54, 1.807) is 12.1 Å². The summed E-state index contributed by atoms with van der Waals surface area (Å²) < 4.78 is 0. The highest BCUT2D eigenvalue weighted by atomic mass is 16.1. The molecule has 0 fully saturated rings. The quantitative estimate of drug-likeness (QED) is 0.730. The maximum Gasteiger partial charge on any atom is 0.250 e. The molecular weight excluding hydrogens is 250 g/mol. The van der Waals surface area contributed by atoms with Gasteiger partial charge in [0.1, 0.15) is 0 Å². The van der Waals surface area contributed by atoms with Gasteiger partial charge in [0.2, 0.25) is 0 Å². The smallest absolute Gasteiger partial charge is 0.250 e. The van der Waals surface area contributed by atoms with Crippen molar-refractivity contribution in [2.24, 2.45) is 5.73 Å². The Hall–Kier alpha value is -2.49. The van der Waals surface area contributed by atoms with Gasteiger partial charge >= 0.3 is 0 Å². The maximum absolute atomic E-state index is 11.3. The zero-order valence-electron chi connectivity index (χ0n) is 11.5. The summed E-state index contributed by atoms with van der Waals surface area (Å²) in [6.07, 6.45) is 2.21. The third kappa shape index (κ3) is 3.29. The predicted molar refractivity (Wildman–Crippen MR) is 83.1 cm³/mol. The van der Waals surface area contributed by atoms with E-state index in [-0.39, 0.29) is 0 Å².